The average Bonchev–Trinajstić information content (AvgIpc) is 2.94. The van der Waals surface area contributed by atoms with Gasteiger partial charge in [-0.3, -0.25) is 4.40 Å². The lowest BCUT2D eigenvalue weighted by Crippen LogP contribution is -2.28. The zero-order valence-electron chi connectivity index (χ0n) is 10.9. The Morgan fingerprint density at radius 1 is 1.50 bits per heavy atom. The third kappa shape index (κ3) is 2.50. The minimum absolute atomic E-state index is 0.498. The minimum atomic E-state index is 0.498. The zero-order valence-corrected chi connectivity index (χ0v) is 11.7. The van der Waals surface area contributed by atoms with E-state index >= 15 is 0 Å². The number of hydrogen-bond acceptors (Lipinski definition) is 5. The molecule has 0 unspecified atom stereocenters. The molecule has 0 aliphatic carbocycles. The lowest BCUT2D eigenvalue weighted by Gasteiger charge is -2.21. The van der Waals surface area contributed by atoms with E-state index in [1.807, 2.05) is 18.5 Å². The van der Waals surface area contributed by atoms with E-state index in [1.54, 1.807) is 11.3 Å². The number of fused-ring (bicyclic) bond motifs is 1. The van der Waals surface area contributed by atoms with Crippen LogP contribution in [0.3, 0.4) is 0 Å². The maximum atomic E-state index is 5.85. The van der Waals surface area contributed by atoms with Gasteiger partial charge in [0.2, 0.25) is 0 Å². The number of imidazole rings is 1. The fourth-order valence-corrected chi connectivity index (χ4v) is 2.72. The van der Waals surface area contributed by atoms with Crippen molar-refractivity contribution >= 4 is 22.1 Å². The minimum Gasteiger partial charge on any atom is -0.380 e. The van der Waals surface area contributed by atoms with Crippen molar-refractivity contribution in [2.45, 2.75) is 20.4 Å². The van der Waals surface area contributed by atoms with Crippen LogP contribution in [0, 0.1) is 0 Å². The highest BCUT2D eigenvalue weighted by Crippen LogP contribution is 2.24. The van der Waals surface area contributed by atoms with Gasteiger partial charge in [0, 0.05) is 37.8 Å². The Kier molecular flexibility index (Phi) is 4.57. The Hall–Kier alpha value is -1.11. The Labute approximate surface area is 111 Å². The van der Waals surface area contributed by atoms with E-state index in [4.69, 9.17) is 10.5 Å². The second kappa shape index (κ2) is 6.17. The Balaban J connectivity index is 2.23. The first kappa shape index (κ1) is 13.3. The number of nitrogens with zero attached hydrogens (tertiary/aromatic N) is 3. The zero-order chi connectivity index (χ0) is 13.0. The van der Waals surface area contributed by atoms with Crippen LogP contribution in [0.4, 0.5) is 5.82 Å². The third-order valence-corrected chi connectivity index (χ3v) is 3.68. The maximum Gasteiger partial charge on any atom is 0.195 e. The summed E-state index contributed by atoms with van der Waals surface area (Å²) in [6.45, 7) is 7.86. The molecule has 0 spiro atoms. The number of ether oxygens (including phenoxy) is 1. The lowest BCUT2D eigenvalue weighted by atomic mass is 10.3. The molecule has 2 aromatic heterocycles. The van der Waals surface area contributed by atoms with Crippen LogP contribution in [0.25, 0.3) is 4.96 Å². The molecule has 0 atom stereocenters. The molecular formula is C12H20N4OS. The topological polar surface area (TPSA) is 55.8 Å². The predicted octanol–water partition coefficient (Wildman–Crippen LogP) is 1.72. The molecule has 6 heteroatoms. The molecule has 0 aliphatic heterocycles. The molecule has 0 amide bonds. The van der Waals surface area contributed by atoms with Crippen LogP contribution in [0.15, 0.2) is 11.6 Å². The largest absolute Gasteiger partial charge is 0.380 e. The van der Waals surface area contributed by atoms with Gasteiger partial charge in [0.15, 0.2) is 10.8 Å². The van der Waals surface area contributed by atoms with Gasteiger partial charge >= 0.3 is 0 Å². The van der Waals surface area contributed by atoms with Crippen LogP contribution >= 0.6 is 11.3 Å². The van der Waals surface area contributed by atoms with E-state index < -0.39 is 0 Å². The molecule has 18 heavy (non-hydrogen) atoms. The summed E-state index contributed by atoms with van der Waals surface area (Å²) in [5, 5.41) is 2.03. The summed E-state index contributed by atoms with van der Waals surface area (Å²) in [5.41, 5.74) is 6.93. The summed E-state index contributed by atoms with van der Waals surface area (Å²) in [4.78, 5) is 7.89. The van der Waals surface area contributed by atoms with Gasteiger partial charge < -0.3 is 15.4 Å². The van der Waals surface area contributed by atoms with Gasteiger partial charge in [-0.25, -0.2) is 4.98 Å². The SMILES string of the molecule is CCOCCN(CC)c1nc2sccn2c1CN. The van der Waals surface area contributed by atoms with Gasteiger partial charge in [0.1, 0.15) is 0 Å². The van der Waals surface area contributed by atoms with Crippen LogP contribution in [-0.4, -0.2) is 35.7 Å². The van der Waals surface area contributed by atoms with E-state index in [0.29, 0.717) is 6.54 Å². The van der Waals surface area contributed by atoms with Crippen molar-refractivity contribution in [3.05, 3.63) is 17.3 Å². The lowest BCUT2D eigenvalue weighted by molar-refractivity contribution is 0.154. The first-order valence-electron chi connectivity index (χ1n) is 6.29. The van der Waals surface area contributed by atoms with Gasteiger partial charge in [0.25, 0.3) is 0 Å². The number of thiazole rings is 1. The quantitative estimate of drug-likeness (QED) is 0.777. The van der Waals surface area contributed by atoms with Crippen molar-refractivity contribution in [3.63, 3.8) is 0 Å². The van der Waals surface area contributed by atoms with E-state index in [9.17, 15) is 0 Å². The summed E-state index contributed by atoms with van der Waals surface area (Å²) in [7, 11) is 0. The predicted molar refractivity (Wildman–Crippen MR) is 75.3 cm³/mol. The molecule has 0 aliphatic rings. The highest BCUT2D eigenvalue weighted by Gasteiger charge is 2.16. The summed E-state index contributed by atoms with van der Waals surface area (Å²) >= 11 is 1.63. The first-order chi connectivity index (χ1) is 8.81. The Morgan fingerprint density at radius 3 is 3.00 bits per heavy atom. The fourth-order valence-electron chi connectivity index (χ4n) is 2.00. The molecule has 100 valence electrons. The van der Waals surface area contributed by atoms with Gasteiger partial charge in [-0.05, 0) is 13.8 Å². The standard InChI is InChI=1S/C12H20N4OS/c1-3-15(5-7-17-4-2)11-10(9-13)16-6-8-18-12(16)14-11/h6,8H,3-5,7,9,13H2,1-2H3. The Morgan fingerprint density at radius 2 is 2.33 bits per heavy atom. The highest BCUT2D eigenvalue weighted by molar-refractivity contribution is 7.15. The third-order valence-electron chi connectivity index (χ3n) is 2.92. The van der Waals surface area contributed by atoms with E-state index in [2.05, 4.69) is 21.2 Å². The summed E-state index contributed by atoms with van der Waals surface area (Å²) in [6.07, 6.45) is 2.02. The molecule has 0 bridgehead atoms. The van der Waals surface area contributed by atoms with Gasteiger partial charge in [-0.1, -0.05) is 0 Å². The molecule has 2 rings (SSSR count). The van der Waals surface area contributed by atoms with Gasteiger partial charge in [-0.2, -0.15) is 0 Å². The van der Waals surface area contributed by atoms with Crippen molar-refractivity contribution < 1.29 is 4.74 Å². The molecule has 2 N–H and O–H groups in total. The van der Waals surface area contributed by atoms with Crippen molar-refractivity contribution in [2.75, 3.05) is 31.2 Å². The second-order valence-electron chi connectivity index (χ2n) is 3.92. The molecule has 0 saturated carbocycles. The van der Waals surface area contributed by atoms with Gasteiger partial charge in [0.05, 0.1) is 12.3 Å². The fraction of sp³-hybridized carbons (Fsp3) is 0.583. The Bertz CT molecular complexity index is 493. The summed E-state index contributed by atoms with van der Waals surface area (Å²) < 4.78 is 7.48. The number of rotatable bonds is 7. The smallest absolute Gasteiger partial charge is 0.195 e. The van der Waals surface area contributed by atoms with E-state index in [1.165, 1.54) is 0 Å². The monoisotopic (exact) mass is 268 g/mol. The number of anilines is 1. The molecule has 2 aromatic rings. The normalized spacial score (nSPS) is 11.3. The molecule has 5 nitrogen and oxygen atoms in total. The van der Waals surface area contributed by atoms with E-state index in [-0.39, 0.29) is 0 Å². The van der Waals surface area contributed by atoms with Crippen LogP contribution in [0.2, 0.25) is 0 Å². The van der Waals surface area contributed by atoms with Crippen molar-refractivity contribution in [1.29, 1.82) is 0 Å². The van der Waals surface area contributed by atoms with Crippen molar-refractivity contribution in [1.82, 2.24) is 9.38 Å². The number of hydrogen-bond donors (Lipinski definition) is 1. The van der Waals surface area contributed by atoms with Crippen LogP contribution in [0.1, 0.15) is 19.5 Å². The first-order valence-corrected chi connectivity index (χ1v) is 7.16. The molecular weight excluding hydrogens is 248 g/mol. The number of nitrogens with two attached hydrogens (primary N) is 1. The molecule has 0 aromatic carbocycles. The average molecular weight is 268 g/mol. The maximum absolute atomic E-state index is 5.85. The second-order valence-corrected chi connectivity index (χ2v) is 4.79. The molecule has 2 heterocycles. The summed E-state index contributed by atoms with van der Waals surface area (Å²) in [6, 6.07) is 0. The highest BCUT2D eigenvalue weighted by atomic mass is 32.1. The van der Waals surface area contributed by atoms with Crippen molar-refractivity contribution in [3.8, 4) is 0 Å². The summed E-state index contributed by atoms with van der Waals surface area (Å²) in [5.74, 6) is 0.992. The van der Waals surface area contributed by atoms with E-state index in [0.717, 1.165) is 42.8 Å². The number of likely N-dealkylation sites (N-methyl/N-ethyl adjacent to an activating group) is 1. The molecule has 0 saturated heterocycles. The number of aromatic nitrogens is 2. The van der Waals surface area contributed by atoms with Crippen LogP contribution in [0.5, 0.6) is 0 Å². The van der Waals surface area contributed by atoms with Crippen molar-refractivity contribution in [2.24, 2.45) is 5.73 Å². The molecule has 0 radical (unpaired) electrons. The van der Waals surface area contributed by atoms with Crippen LogP contribution < -0.4 is 10.6 Å². The molecule has 0 fully saturated rings. The van der Waals surface area contributed by atoms with Crippen LogP contribution in [-0.2, 0) is 11.3 Å². The van der Waals surface area contributed by atoms with Gasteiger partial charge in [-0.15, -0.1) is 11.3 Å².